The summed E-state index contributed by atoms with van der Waals surface area (Å²) in [7, 11) is -0.493. The van der Waals surface area contributed by atoms with Gasteiger partial charge in [0.15, 0.2) is 0 Å². The van der Waals surface area contributed by atoms with Gasteiger partial charge >= 0.3 is 7.12 Å². The SMILES string of the molecule is CC1(C)OB(c2cccc3c(=O)[nH]ncc23)OC1(C)C. The van der Waals surface area contributed by atoms with E-state index in [4.69, 9.17) is 9.31 Å². The molecule has 20 heavy (non-hydrogen) atoms. The standard InChI is InChI=1S/C14H17BN2O3/c1-13(2)14(3,4)20-15(19-13)11-7-5-6-9-10(11)8-16-17-12(9)18/h5-8H,1-4H3,(H,17,18). The van der Waals surface area contributed by atoms with Crippen LogP contribution in [0.1, 0.15) is 27.7 Å². The molecule has 1 fully saturated rings. The lowest BCUT2D eigenvalue weighted by Crippen LogP contribution is -2.41. The molecule has 1 aliphatic rings. The van der Waals surface area contributed by atoms with Crippen LogP contribution in [0.25, 0.3) is 10.8 Å². The van der Waals surface area contributed by atoms with Crippen molar-refractivity contribution in [2.75, 3.05) is 0 Å². The van der Waals surface area contributed by atoms with Crippen molar-refractivity contribution in [2.45, 2.75) is 38.9 Å². The van der Waals surface area contributed by atoms with Crippen LogP contribution in [0.5, 0.6) is 0 Å². The Kier molecular flexibility index (Phi) is 2.78. The molecule has 0 spiro atoms. The molecule has 0 radical (unpaired) electrons. The summed E-state index contributed by atoms with van der Waals surface area (Å²) in [5.41, 5.74) is -0.191. The van der Waals surface area contributed by atoms with Crippen LogP contribution in [0.15, 0.2) is 29.2 Å². The predicted molar refractivity (Wildman–Crippen MR) is 78.1 cm³/mol. The Balaban J connectivity index is 2.13. The molecule has 3 rings (SSSR count). The van der Waals surface area contributed by atoms with Gasteiger partial charge in [-0.05, 0) is 39.2 Å². The zero-order valence-corrected chi connectivity index (χ0v) is 12.1. The maximum absolute atomic E-state index is 11.8. The molecule has 1 aromatic carbocycles. The highest BCUT2D eigenvalue weighted by Gasteiger charge is 2.52. The van der Waals surface area contributed by atoms with Gasteiger partial charge in [-0.15, -0.1) is 0 Å². The lowest BCUT2D eigenvalue weighted by Gasteiger charge is -2.32. The summed E-state index contributed by atoms with van der Waals surface area (Å²) in [6.45, 7) is 8.01. The fourth-order valence-corrected chi connectivity index (χ4v) is 2.32. The molecule has 1 aromatic heterocycles. The molecule has 2 aromatic rings. The molecule has 1 saturated heterocycles. The average molecular weight is 272 g/mol. The fourth-order valence-electron chi connectivity index (χ4n) is 2.32. The third-order valence-corrected chi connectivity index (χ3v) is 4.25. The topological polar surface area (TPSA) is 64.2 Å². The number of nitrogens with zero attached hydrogens (tertiary/aromatic N) is 1. The van der Waals surface area contributed by atoms with E-state index in [0.29, 0.717) is 5.39 Å². The van der Waals surface area contributed by atoms with E-state index in [1.54, 1.807) is 12.3 Å². The third kappa shape index (κ3) is 1.87. The van der Waals surface area contributed by atoms with Gasteiger partial charge in [-0.3, -0.25) is 4.79 Å². The van der Waals surface area contributed by atoms with Gasteiger partial charge in [-0.1, -0.05) is 12.1 Å². The average Bonchev–Trinajstić information content (AvgIpc) is 2.58. The Morgan fingerprint density at radius 1 is 1.10 bits per heavy atom. The number of hydrogen-bond donors (Lipinski definition) is 1. The lowest BCUT2D eigenvalue weighted by atomic mass is 9.76. The highest BCUT2D eigenvalue weighted by Crippen LogP contribution is 2.36. The molecule has 1 N–H and O–H groups in total. The second-order valence-corrected chi connectivity index (χ2v) is 6.10. The second-order valence-electron chi connectivity index (χ2n) is 6.10. The van der Waals surface area contributed by atoms with Gasteiger partial charge in [0.05, 0.1) is 17.4 Å². The molecule has 0 bridgehead atoms. The van der Waals surface area contributed by atoms with Crippen molar-refractivity contribution in [3.05, 3.63) is 34.7 Å². The highest BCUT2D eigenvalue weighted by atomic mass is 16.7. The molecule has 2 heterocycles. The lowest BCUT2D eigenvalue weighted by molar-refractivity contribution is 0.00578. The largest absolute Gasteiger partial charge is 0.495 e. The number of rotatable bonds is 1. The van der Waals surface area contributed by atoms with Crippen LogP contribution in [-0.4, -0.2) is 28.5 Å². The van der Waals surface area contributed by atoms with Gasteiger partial charge in [-0.2, -0.15) is 5.10 Å². The van der Waals surface area contributed by atoms with Crippen molar-refractivity contribution in [2.24, 2.45) is 0 Å². The van der Waals surface area contributed by atoms with Crippen LogP contribution >= 0.6 is 0 Å². The highest BCUT2D eigenvalue weighted by molar-refractivity contribution is 6.65. The molecule has 1 aliphatic heterocycles. The van der Waals surface area contributed by atoms with E-state index >= 15 is 0 Å². The molecule has 6 heteroatoms. The van der Waals surface area contributed by atoms with Gasteiger partial charge < -0.3 is 9.31 Å². The van der Waals surface area contributed by atoms with Gasteiger partial charge in [0.25, 0.3) is 5.56 Å². The zero-order chi connectivity index (χ0) is 14.5. The summed E-state index contributed by atoms with van der Waals surface area (Å²) in [6.07, 6.45) is 1.64. The maximum atomic E-state index is 11.8. The Labute approximate surface area is 117 Å². The molecule has 5 nitrogen and oxygen atoms in total. The van der Waals surface area contributed by atoms with Crippen molar-refractivity contribution in [3.63, 3.8) is 0 Å². The van der Waals surface area contributed by atoms with Crippen LogP contribution in [0.2, 0.25) is 0 Å². The van der Waals surface area contributed by atoms with E-state index in [1.807, 2.05) is 39.8 Å². The Morgan fingerprint density at radius 2 is 1.75 bits per heavy atom. The van der Waals surface area contributed by atoms with Crippen LogP contribution in [0.3, 0.4) is 0 Å². The predicted octanol–water partition coefficient (Wildman–Crippen LogP) is 1.22. The van der Waals surface area contributed by atoms with Crippen molar-refractivity contribution in [1.29, 1.82) is 0 Å². The molecule has 0 amide bonds. The Hall–Kier alpha value is -1.66. The molecule has 104 valence electrons. The minimum atomic E-state index is -0.493. The molecular formula is C14H17BN2O3. The molecular weight excluding hydrogens is 255 g/mol. The number of H-pyrrole nitrogens is 1. The summed E-state index contributed by atoms with van der Waals surface area (Å²) in [4.78, 5) is 11.8. The van der Waals surface area contributed by atoms with E-state index in [-0.39, 0.29) is 5.56 Å². The molecule has 0 unspecified atom stereocenters. The minimum Gasteiger partial charge on any atom is -0.399 e. The first kappa shape index (κ1) is 13.3. The van der Waals surface area contributed by atoms with Crippen LogP contribution in [-0.2, 0) is 9.31 Å². The fraction of sp³-hybridized carbons (Fsp3) is 0.429. The maximum Gasteiger partial charge on any atom is 0.495 e. The van der Waals surface area contributed by atoms with Crippen LogP contribution in [0.4, 0.5) is 0 Å². The minimum absolute atomic E-state index is 0.208. The van der Waals surface area contributed by atoms with E-state index < -0.39 is 18.3 Å². The molecule has 0 saturated carbocycles. The molecule has 0 atom stereocenters. The number of nitrogens with one attached hydrogen (secondary N) is 1. The number of aromatic amines is 1. The summed E-state index contributed by atoms with van der Waals surface area (Å²) in [5.74, 6) is 0. The van der Waals surface area contributed by atoms with Crippen molar-refractivity contribution < 1.29 is 9.31 Å². The first-order chi connectivity index (χ1) is 9.32. The van der Waals surface area contributed by atoms with E-state index in [9.17, 15) is 4.79 Å². The summed E-state index contributed by atoms with van der Waals surface area (Å²) in [6, 6.07) is 5.51. The van der Waals surface area contributed by atoms with Crippen molar-refractivity contribution in [3.8, 4) is 0 Å². The monoisotopic (exact) mass is 272 g/mol. The smallest absolute Gasteiger partial charge is 0.399 e. The van der Waals surface area contributed by atoms with E-state index in [0.717, 1.165) is 10.8 Å². The second kappa shape index (κ2) is 4.17. The number of aromatic nitrogens is 2. The Morgan fingerprint density at radius 3 is 2.40 bits per heavy atom. The quantitative estimate of drug-likeness (QED) is 0.793. The number of benzene rings is 1. The summed E-state index contributed by atoms with van der Waals surface area (Å²) < 4.78 is 12.1. The van der Waals surface area contributed by atoms with E-state index in [2.05, 4.69) is 10.2 Å². The first-order valence-corrected chi connectivity index (χ1v) is 6.64. The van der Waals surface area contributed by atoms with Crippen LogP contribution < -0.4 is 11.0 Å². The first-order valence-electron chi connectivity index (χ1n) is 6.64. The van der Waals surface area contributed by atoms with Crippen LogP contribution in [0, 0.1) is 0 Å². The zero-order valence-electron chi connectivity index (χ0n) is 12.1. The number of hydrogen-bond acceptors (Lipinski definition) is 4. The van der Waals surface area contributed by atoms with Gasteiger partial charge in [0.2, 0.25) is 0 Å². The number of fused-ring (bicyclic) bond motifs is 1. The van der Waals surface area contributed by atoms with Crippen molar-refractivity contribution in [1.82, 2.24) is 10.2 Å². The Bertz CT molecular complexity index is 708. The summed E-state index contributed by atoms with van der Waals surface area (Å²) in [5, 5.41) is 7.65. The van der Waals surface area contributed by atoms with Gasteiger partial charge in [-0.25, -0.2) is 5.10 Å². The van der Waals surface area contributed by atoms with E-state index in [1.165, 1.54) is 0 Å². The van der Waals surface area contributed by atoms with Crippen molar-refractivity contribution >= 4 is 23.4 Å². The molecule has 0 aliphatic carbocycles. The normalized spacial score (nSPS) is 20.5. The van der Waals surface area contributed by atoms with Gasteiger partial charge in [0.1, 0.15) is 0 Å². The van der Waals surface area contributed by atoms with Gasteiger partial charge in [0, 0.05) is 10.8 Å². The third-order valence-electron chi connectivity index (χ3n) is 4.25. The summed E-state index contributed by atoms with van der Waals surface area (Å²) >= 11 is 0.